The van der Waals surface area contributed by atoms with Crippen molar-refractivity contribution in [1.29, 1.82) is 0 Å². The van der Waals surface area contributed by atoms with Crippen molar-refractivity contribution in [2.24, 2.45) is 0 Å². The molecule has 7 aromatic carbocycles. The predicted molar refractivity (Wildman–Crippen MR) is 192 cm³/mol. The molecule has 0 N–H and O–H groups in total. The summed E-state index contributed by atoms with van der Waals surface area (Å²) in [5.41, 5.74) is 11.7. The fraction of sp³-hybridized carbons (Fsp3) is 0. The van der Waals surface area contributed by atoms with E-state index >= 15 is 0 Å². The first-order chi connectivity index (χ1) is 23.3. The van der Waals surface area contributed by atoms with Gasteiger partial charge in [0.25, 0.3) is 0 Å². The van der Waals surface area contributed by atoms with Crippen molar-refractivity contribution in [1.82, 2.24) is 4.98 Å². The third-order valence-corrected chi connectivity index (χ3v) is 8.69. The van der Waals surface area contributed by atoms with Gasteiger partial charge in [-0.3, -0.25) is 0 Å². The molecule has 9 rings (SSSR count). The minimum atomic E-state index is 0.599. The molecule has 0 saturated heterocycles. The minimum absolute atomic E-state index is 0.599. The Hall–Kier alpha value is -6.39. The summed E-state index contributed by atoms with van der Waals surface area (Å²) in [6, 6.07) is 58.7. The monoisotopic (exact) mass is 604 g/mol. The van der Waals surface area contributed by atoms with Crippen LogP contribution >= 0.6 is 0 Å². The highest BCUT2D eigenvalue weighted by atomic mass is 16.4. The van der Waals surface area contributed by atoms with E-state index in [1.54, 1.807) is 0 Å². The number of hydrogen-bond donors (Lipinski definition) is 0. The second kappa shape index (κ2) is 11.2. The highest BCUT2D eigenvalue weighted by molar-refractivity contribution is 6.13. The minimum Gasteiger partial charge on any atom is -0.454 e. The average molecular weight is 605 g/mol. The van der Waals surface area contributed by atoms with Crippen LogP contribution in [0.25, 0.3) is 66.7 Å². The number of oxazole rings is 1. The molecule has 2 heterocycles. The predicted octanol–water partition coefficient (Wildman–Crippen LogP) is 12.2. The van der Waals surface area contributed by atoms with Crippen molar-refractivity contribution in [3.8, 4) is 33.7 Å². The van der Waals surface area contributed by atoms with Gasteiger partial charge in [-0.2, -0.15) is 0 Å². The first-order valence-corrected chi connectivity index (χ1v) is 15.7. The number of furan rings is 1. The topological polar surface area (TPSA) is 42.4 Å². The van der Waals surface area contributed by atoms with E-state index in [0.717, 1.165) is 61.2 Å². The standard InChI is InChI=1S/C43H28N2O2/c1-4-12-29(13-5-1)31-22-24-34(25-23-31)45(35-19-10-18-33(26-35)30-14-6-2-7-15-30)39-21-11-20-36-37-27-41-38(28-40(37)46-42(36)39)44-43(47-41)32-16-8-3-9-17-32/h1-28H. The molecule has 0 saturated carbocycles. The number of aromatic nitrogens is 1. The molecule has 0 fully saturated rings. The fourth-order valence-electron chi connectivity index (χ4n) is 6.40. The lowest BCUT2D eigenvalue weighted by Gasteiger charge is -2.26. The molecule has 0 radical (unpaired) electrons. The van der Waals surface area contributed by atoms with Gasteiger partial charge in [-0.25, -0.2) is 4.98 Å². The van der Waals surface area contributed by atoms with Gasteiger partial charge in [0.1, 0.15) is 11.1 Å². The van der Waals surface area contributed by atoms with Crippen molar-refractivity contribution in [3.63, 3.8) is 0 Å². The molecular weight excluding hydrogens is 576 g/mol. The Balaban J connectivity index is 1.21. The quantitative estimate of drug-likeness (QED) is 0.189. The van der Waals surface area contributed by atoms with Crippen LogP contribution in [0.2, 0.25) is 0 Å². The maximum Gasteiger partial charge on any atom is 0.227 e. The van der Waals surface area contributed by atoms with E-state index in [2.05, 4.69) is 126 Å². The SMILES string of the molecule is c1ccc(-c2ccc(N(c3cccc(-c4ccccc4)c3)c3cccc4c3oc3cc5nc(-c6ccccc6)oc5cc34)cc2)cc1. The van der Waals surface area contributed by atoms with Gasteiger partial charge in [0.05, 0.1) is 5.69 Å². The van der Waals surface area contributed by atoms with Crippen LogP contribution in [0.15, 0.2) is 179 Å². The summed E-state index contributed by atoms with van der Waals surface area (Å²) in [5, 5.41) is 2.00. The van der Waals surface area contributed by atoms with E-state index in [-0.39, 0.29) is 0 Å². The molecule has 0 spiro atoms. The van der Waals surface area contributed by atoms with Crippen molar-refractivity contribution < 1.29 is 8.83 Å². The van der Waals surface area contributed by atoms with Crippen LogP contribution in [-0.4, -0.2) is 4.98 Å². The van der Waals surface area contributed by atoms with Gasteiger partial charge in [-0.1, -0.05) is 115 Å². The van der Waals surface area contributed by atoms with Gasteiger partial charge in [0, 0.05) is 33.8 Å². The van der Waals surface area contributed by atoms with Crippen LogP contribution < -0.4 is 4.90 Å². The molecule has 9 aromatic rings. The molecule has 222 valence electrons. The van der Waals surface area contributed by atoms with Crippen LogP contribution in [-0.2, 0) is 0 Å². The first kappa shape index (κ1) is 27.0. The zero-order valence-corrected chi connectivity index (χ0v) is 25.4. The zero-order valence-electron chi connectivity index (χ0n) is 25.4. The van der Waals surface area contributed by atoms with Crippen molar-refractivity contribution >= 4 is 50.1 Å². The Kier molecular flexibility index (Phi) is 6.43. The smallest absolute Gasteiger partial charge is 0.227 e. The van der Waals surface area contributed by atoms with Crippen molar-refractivity contribution in [2.75, 3.05) is 4.90 Å². The largest absolute Gasteiger partial charge is 0.454 e. The highest BCUT2D eigenvalue weighted by Gasteiger charge is 2.21. The summed E-state index contributed by atoms with van der Waals surface area (Å²) in [6.45, 7) is 0. The van der Waals surface area contributed by atoms with Gasteiger partial charge in [0.15, 0.2) is 11.2 Å². The molecule has 0 amide bonds. The van der Waals surface area contributed by atoms with E-state index in [4.69, 9.17) is 13.8 Å². The normalized spacial score (nSPS) is 11.4. The Bertz CT molecular complexity index is 2500. The molecule has 2 aromatic heterocycles. The zero-order chi connectivity index (χ0) is 31.2. The van der Waals surface area contributed by atoms with Crippen molar-refractivity contribution in [3.05, 3.63) is 170 Å². The van der Waals surface area contributed by atoms with E-state index in [0.29, 0.717) is 5.89 Å². The van der Waals surface area contributed by atoms with Crippen LogP contribution in [0.3, 0.4) is 0 Å². The molecule has 4 nitrogen and oxygen atoms in total. The lowest BCUT2D eigenvalue weighted by molar-refractivity contribution is 0.620. The van der Waals surface area contributed by atoms with E-state index in [9.17, 15) is 0 Å². The number of anilines is 3. The van der Waals surface area contributed by atoms with Gasteiger partial charge >= 0.3 is 0 Å². The van der Waals surface area contributed by atoms with Gasteiger partial charge in [-0.15, -0.1) is 0 Å². The number of benzene rings is 7. The van der Waals surface area contributed by atoms with E-state index in [1.165, 1.54) is 16.7 Å². The summed E-state index contributed by atoms with van der Waals surface area (Å²) in [6.07, 6.45) is 0. The molecular formula is C43H28N2O2. The molecule has 0 aliphatic heterocycles. The van der Waals surface area contributed by atoms with Crippen LogP contribution in [0.4, 0.5) is 17.1 Å². The lowest BCUT2D eigenvalue weighted by atomic mass is 10.0. The molecule has 0 atom stereocenters. The Morgan fingerprint density at radius 3 is 1.74 bits per heavy atom. The third kappa shape index (κ3) is 4.84. The second-order valence-electron chi connectivity index (χ2n) is 11.6. The summed E-state index contributed by atoms with van der Waals surface area (Å²) in [7, 11) is 0. The molecule has 0 aliphatic rings. The second-order valence-corrected chi connectivity index (χ2v) is 11.6. The summed E-state index contributed by atoms with van der Waals surface area (Å²) < 4.78 is 13.0. The summed E-state index contributed by atoms with van der Waals surface area (Å²) >= 11 is 0. The maximum atomic E-state index is 6.72. The Labute approximate surface area is 271 Å². The number of hydrogen-bond acceptors (Lipinski definition) is 4. The van der Waals surface area contributed by atoms with Crippen LogP contribution in [0, 0.1) is 0 Å². The lowest BCUT2D eigenvalue weighted by Crippen LogP contribution is -2.10. The molecule has 0 unspecified atom stereocenters. The van der Waals surface area contributed by atoms with E-state index in [1.807, 2.05) is 48.5 Å². The van der Waals surface area contributed by atoms with Gasteiger partial charge in [0.2, 0.25) is 5.89 Å². The van der Waals surface area contributed by atoms with Crippen molar-refractivity contribution in [2.45, 2.75) is 0 Å². The number of fused-ring (bicyclic) bond motifs is 4. The fourth-order valence-corrected chi connectivity index (χ4v) is 6.40. The van der Waals surface area contributed by atoms with Gasteiger partial charge < -0.3 is 13.7 Å². The Morgan fingerprint density at radius 2 is 1.02 bits per heavy atom. The first-order valence-electron chi connectivity index (χ1n) is 15.7. The molecule has 47 heavy (non-hydrogen) atoms. The summed E-state index contributed by atoms with van der Waals surface area (Å²) in [4.78, 5) is 7.07. The molecule has 4 heteroatoms. The summed E-state index contributed by atoms with van der Waals surface area (Å²) in [5.74, 6) is 0.599. The van der Waals surface area contributed by atoms with Gasteiger partial charge in [-0.05, 0) is 70.8 Å². The molecule has 0 bridgehead atoms. The number of nitrogens with zero attached hydrogens (tertiary/aromatic N) is 2. The van der Waals surface area contributed by atoms with Crippen LogP contribution in [0.1, 0.15) is 0 Å². The van der Waals surface area contributed by atoms with E-state index < -0.39 is 0 Å². The number of para-hydroxylation sites is 1. The average Bonchev–Trinajstić information content (AvgIpc) is 3.73. The van der Waals surface area contributed by atoms with Crippen LogP contribution in [0.5, 0.6) is 0 Å². The Morgan fingerprint density at radius 1 is 0.404 bits per heavy atom. The highest BCUT2D eigenvalue weighted by Crippen LogP contribution is 2.44. The third-order valence-electron chi connectivity index (χ3n) is 8.69. The molecule has 0 aliphatic carbocycles. The maximum absolute atomic E-state index is 6.72. The number of rotatable bonds is 6.